The first-order chi connectivity index (χ1) is 16.9. The Labute approximate surface area is 203 Å². The largest absolute Gasteiger partial charge is 0.391 e. The Hall–Kier alpha value is -3.77. The summed E-state index contributed by atoms with van der Waals surface area (Å²) in [5.74, 6) is 0.165. The Morgan fingerprint density at radius 1 is 1.23 bits per heavy atom. The fraction of sp³-hybridized carbons (Fsp3) is 0.348. The minimum Gasteiger partial charge on any atom is -0.391 e. The van der Waals surface area contributed by atoms with E-state index in [1.165, 1.54) is 11.3 Å². The number of β-amino-alcohol motifs (C(OH)–C–C–N with tert-alkyl or cyclic N) is 1. The van der Waals surface area contributed by atoms with Gasteiger partial charge in [-0.2, -0.15) is 9.61 Å². The molecule has 5 heterocycles. The maximum atomic E-state index is 13.0. The van der Waals surface area contributed by atoms with Crippen molar-refractivity contribution in [3.63, 3.8) is 0 Å². The fourth-order valence-electron chi connectivity index (χ4n) is 4.27. The number of carbonyl (C=O) groups is 3. The van der Waals surface area contributed by atoms with Crippen molar-refractivity contribution in [2.45, 2.75) is 37.8 Å². The lowest BCUT2D eigenvalue weighted by Gasteiger charge is -2.29. The van der Waals surface area contributed by atoms with Crippen molar-refractivity contribution in [1.29, 1.82) is 0 Å². The van der Waals surface area contributed by atoms with E-state index in [0.717, 1.165) is 36.4 Å². The lowest BCUT2D eigenvalue weighted by Crippen LogP contribution is -2.41. The number of aliphatic hydroxyl groups is 1. The minimum absolute atomic E-state index is 0.0878. The number of likely N-dealkylation sites (tertiary alicyclic amines) is 1. The summed E-state index contributed by atoms with van der Waals surface area (Å²) in [6.07, 6.45) is 6.32. The number of imide groups is 1. The third-order valence-electron chi connectivity index (χ3n) is 6.20. The molecule has 3 fully saturated rings. The number of nitrogens with zero attached hydrogens (tertiary/aromatic N) is 4. The third-order valence-corrected chi connectivity index (χ3v) is 7.30. The van der Waals surface area contributed by atoms with E-state index in [2.05, 4.69) is 21.0 Å². The van der Waals surface area contributed by atoms with Gasteiger partial charge in [-0.3, -0.25) is 14.9 Å². The topological polar surface area (TPSA) is 141 Å². The van der Waals surface area contributed by atoms with E-state index in [0.29, 0.717) is 40.9 Å². The molecule has 1 aliphatic carbocycles. The zero-order valence-corrected chi connectivity index (χ0v) is 19.5. The van der Waals surface area contributed by atoms with Crippen LogP contribution in [0.4, 0.5) is 10.6 Å². The molecule has 1 atom stereocenters. The van der Waals surface area contributed by atoms with E-state index in [9.17, 15) is 19.5 Å². The smallest absolute Gasteiger partial charge is 0.326 e. The summed E-state index contributed by atoms with van der Waals surface area (Å²) in [7, 11) is 0. The third kappa shape index (κ3) is 4.26. The van der Waals surface area contributed by atoms with Crippen LogP contribution in [0.2, 0.25) is 0 Å². The highest BCUT2D eigenvalue weighted by Crippen LogP contribution is 2.33. The van der Waals surface area contributed by atoms with Crippen molar-refractivity contribution in [3.8, 4) is 10.6 Å². The highest BCUT2D eigenvalue weighted by molar-refractivity contribution is 7.17. The van der Waals surface area contributed by atoms with Crippen LogP contribution in [0.15, 0.2) is 30.1 Å². The molecular weight excluding hydrogens is 470 g/mol. The maximum absolute atomic E-state index is 13.0. The predicted molar refractivity (Wildman–Crippen MR) is 129 cm³/mol. The van der Waals surface area contributed by atoms with Gasteiger partial charge in [0, 0.05) is 30.8 Å². The molecule has 12 heteroatoms. The van der Waals surface area contributed by atoms with Crippen molar-refractivity contribution in [1.82, 2.24) is 30.1 Å². The number of anilines is 1. The van der Waals surface area contributed by atoms with Crippen LogP contribution in [-0.4, -0.2) is 67.7 Å². The molecule has 1 unspecified atom stereocenters. The molecule has 3 aromatic heterocycles. The second-order valence-electron chi connectivity index (χ2n) is 8.96. The molecule has 6 rings (SSSR count). The van der Waals surface area contributed by atoms with Gasteiger partial charge in [0.2, 0.25) is 0 Å². The van der Waals surface area contributed by atoms with E-state index in [1.54, 1.807) is 27.8 Å². The zero-order chi connectivity index (χ0) is 24.1. The summed E-state index contributed by atoms with van der Waals surface area (Å²) in [5.41, 5.74) is 1.89. The molecule has 0 spiro atoms. The van der Waals surface area contributed by atoms with Crippen LogP contribution in [0.5, 0.6) is 0 Å². The normalized spacial score (nSPS) is 21.5. The summed E-state index contributed by atoms with van der Waals surface area (Å²) in [6, 6.07) is 5.37. The minimum atomic E-state index is -0.570. The predicted octanol–water partition coefficient (Wildman–Crippen LogP) is 1.81. The number of nitrogens with one attached hydrogen (secondary N) is 3. The Morgan fingerprint density at radius 2 is 2.09 bits per heavy atom. The molecule has 4 N–H and O–H groups in total. The quantitative estimate of drug-likeness (QED) is 0.314. The highest BCUT2D eigenvalue weighted by atomic mass is 32.1. The molecule has 180 valence electrons. The van der Waals surface area contributed by atoms with Crippen molar-refractivity contribution >= 4 is 46.7 Å². The van der Waals surface area contributed by atoms with Crippen molar-refractivity contribution < 1.29 is 19.5 Å². The Balaban J connectivity index is 1.37. The molecular formula is C23H23N7O4S. The average Bonchev–Trinajstić information content (AvgIpc) is 3.22. The number of rotatable bonds is 5. The fourth-order valence-corrected chi connectivity index (χ4v) is 5.21. The van der Waals surface area contributed by atoms with E-state index in [4.69, 9.17) is 4.98 Å². The standard InChI is InChI=1S/C23H23N7O4S/c31-14-2-1-7-29(11-14)22(33)18-6-5-17(35-18)15-9-19(25-13-3-4-13)30-20(26-15)12(10-24-30)8-16-21(32)28-23(34)27-16/h5-6,8-10,13-14,25,31H,1-4,7,11H2,(H2,27,28,32,34)/b16-8-. The van der Waals surface area contributed by atoms with Crippen LogP contribution < -0.4 is 16.0 Å². The van der Waals surface area contributed by atoms with Gasteiger partial charge >= 0.3 is 6.03 Å². The van der Waals surface area contributed by atoms with Crippen LogP contribution in [0.1, 0.15) is 40.9 Å². The number of carbonyl (C=O) groups excluding carboxylic acids is 3. The Bertz CT molecular complexity index is 1390. The lowest BCUT2D eigenvalue weighted by molar-refractivity contribution is -0.115. The van der Waals surface area contributed by atoms with Gasteiger partial charge in [-0.1, -0.05) is 0 Å². The molecule has 4 amide bonds. The van der Waals surface area contributed by atoms with Gasteiger partial charge in [0.25, 0.3) is 11.8 Å². The number of aromatic nitrogens is 3. The summed E-state index contributed by atoms with van der Waals surface area (Å²) in [6.45, 7) is 0.991. The van der Waals surface area contributed by atoms with Crippen LogP contribution in [0.3, 0.4) is 0 Å². The number of aliphatic hydroxyl groups excluding tert-OH is 1. The van der Waals surface area contributed by atoms with Crippen LogP contribution in [0.25, 0.3) is 22.3 Å². The molecule has 3 aromatic rings. The monoisotopic (exact) mass is 493 g/mol. The summed E-state index contributed by atoms with van der Waals surface area (Å²) in [4.78, 5) is 44.4. The van der Waals surface area contributed by atoms with Crippen LogP contribution in [-0.2, 0) is 4.79 Å². The van der Waals surface area contributed by atoms with Crippen molar-refractivity contribution in [3.05, 3.63) is 40.5 Å². The van der Waals surface area contributed by atoms with Gasteiger partial charge in [-0.15, -0.1) is 11.3 Å². The molecule has 35 heavy (non-hydrogen) atoms. The maximum Gasteiger partial charge on any atom is 0.326 e. The SMILES string of the molecule is O=C1NC(=O)/C(=C/c2cnn3c(NC4CC4)cc(-c4ccc(C(=O)N5CCCC(O)C5)s4)nc23)N1. The summed E-state index contributed by atoms with van der Waals surface area (Å²) < 4.78 is 1.68. The molecule has 0 radical (unpaired) electrons. The lowest BCUT2D eigenvalue weighted by atomic mass is 10.1. The van der Waals surface area contributed by atoms with Crippen molar-refractivity contribution in [2.75, 3.05) is 18.4 Å². The molecule has 0 aromatic carbocycles. The number of fused-ring (bicyclic) bond motifs is 1. The van der Waals surface area contributed by atoms with Crippen molar-refractivity contribution in [2.24, 2.45) is 0 Å². The highest BCUT2D eigenvalue weighted by Gasteiger charge is 2.27. The van der Waals surface area contributed by atoms with Crippen LogP contribution in [0, 0.1) is 0 Å². The van der Waals surface area contributed by atoms with Gasteiger partial charge < -0.3 is 20.6 Å². The molecule has 0 bridgehead atoms. The zero-order valence-electron chi connectivity index (χ0n) is 18.7. The van der Waals surface area contributed by atoms with E-state index >= 15 is 0 Å². The van der Waals surface area contributed by atoms with E-state index in [1.807, 2.05) is 12.1 Å². The van der Waals surface area contributed by atoms with Crippen LogP contribution >= 0.6 is 11.3 Å². The molecule has 11 nitrogen and oxygen atoms in total. The van der Waals surface area contributed by atoms with Gasteiger partial charge in [0.05, 0.1) is 27.7 Å². The number of urea groups is 1. The van der Waals surface area contributed by atoms with Gasteiger partial charge in [-0.05, 0) is 43.9 Å². The first-order valence-corrected chi connectivity index (χ1v) is 12.3. The summed E-state index contributed by atoms with van der Waals surface area (Å²) in [5, 5.41) is 22.5. The molecule has 2 saturated heterocycles. The number of hydrogen-bond acceptors (Lipinski definition) is 8. The first kappa shape index (κ1) is 21.7. The number of hydrogen-bond donors (Lipinski definition) is 4. The molecule has 2 aliphatic heterocycles. The van der Waals surface area contributed by atoms with Gasteiger partial charge in [0.15, 0.2) is 5.65 Å². The first-order valence-electron chi connectivity index (χ1n) is 11.5. The Kier molecular flexibility index (Phi) is 5.26. The summed E-state index contributed by atoms with van der Waals surface area (Å²) >= 11 is 1.35. The average molecular weight is 494 g/mol. The number of amides is 4. The molecule has 3 aliphatic rings. The second kappa shape index (κ2) is 8.47. The number of thiophene rings is 1. The molecule has 1 saturated carbocycles. The van der Waals surface area contributed by atoms with E-state index < -0.39 is 18.0 Å². The Morgan fingerprint density at radius 3 is 2.83 bits per heavy atom. The van der Waals surface area contributed by atoms with Gasteiger partial charge in [0.1, 0.15) is 11.5 Å². The van der Waals surface area contributed by atoms with Gasteiger partial charge in [-0.25, -0.2) is 9.78 Å². The number of piperidine rings is 1. The van der Waals surface area contributed by atoms with E-state index in [-0.39, 0.29) is 11.6 Å². The second-order valence-corrected chi connectivity index (χ2v) is 10.0.